The minimum absolute atomic E-state index is 0.0154. The summed E-state index contributed by atoms with van der Waals surface area (Å²) in [6.45, 7) is -0.286. The number of aliphatic hydroxyl groups excluding tert-OH is 1. The van der Waals surface area contributed by atoms with Crippen LogP contribution in [0.2, 0.25) is 0 Å². The summed E-state index contributed by atoms with van der Waals surface area (Å²) in [5.74, 6) is -8.34. The van der Waals surface area contributed by atoms with Crippen LogP contribution < -0.4 is 83.5 Å². The van der Waals surface area contributed by atoms with E-state index in [4.69, 9.17) is 51.6 Å². The SMILES string of the molecule is NCCCC[C@H](NC(=O)[C@H](Cc1cccc(C(N)=O)c1)NC(=O)[C@@H]1CCCN1C(=O)[C@@H](CCCN)NC(=O)CNC(=O)[C@H](CCN)NC(=O)[C@@H](NC(=O)[C@@H](N)CCCCN)[C@@H](O)CN)C(=O)CC/C(=C\CCN=C(N)N)C(=O)O. The number of aliphatic imine (C=N–C) groups is 1. The molecule has 0 radical (unpaired) electrons. The van der Waals surface area contributed by atoms with Gasteiger partial charge >= 0.3 is 5.97 Å². The van der Waals surface area contributed by atoms with Gasteiger partial charge in [-0.25, -0.2) is 4.79 Å². The minimum Gasteiger partial charge on any atom is -0.478 e. The summed E-state index contributed by atoms with van der Waals surface area (Å²) in [4.78, 5) is 139. The van der Waals surface area contributed by atoms with Crippen LogP contribution in [0.1, 0.15) is 106 Å². The second kappa shape index (κ2) is 36.9. The summed E-state index contributed by atoms with van der Waals surface area (Å²) in [5.41, 5.74) is 51.0. The third-order valence-corrected chi connectivity index (χ3v) is 12.9. The number of unbranched alkanes of at least 4 members (excludes halogenated alkanes) is 2. The Labute approximate surface area is 459 Å². The highest BCUT2D eigenvalue weighted by atomic mass is 16.4. The molecular weight excluding hydrogens is 1030 g/mol. The predicted octanol–water partition coefficient (Wildman–Crippen LogP) is -6.12. The van der Waals surface area contributed by atoms with Crippen LogP contribution in [0.3, 0.4) is 0 Å². The fourth-order valence-corrected chi connectivity index (χ4v) is 8.49. The van der Waals surface area contributed by atoms with Gasteiger partial charge in [0.05, 0.1) is 24.7 Å². The summed E-state index contributed by atoms with van der Waals surface area (Å²) in [6.07, 6.45) is 2.36. The van der Waals surface area contributed by atoms with E-state index in [0.717, 1.165) is 0 Å². The average Bonchev–Trinajstić information content (AvgIpc) is 3.95. The number of ketones is 1. The molecule has 1 fully saturated rings. The zero-order valence-corrected chi connectivity index (χ0v) is 44.8. The van der Waals surface area contributed by atoms with Crippen molar-refractivity contribution in [3.63, 3.8) is 0 Å². The Morgan fingerprint density at radius 3 is 1.99 bits per heavy atom. The van der Waals surface area contributed by atoms with Crippen LogP contribution in [-0.2, 0) is 49.6 Å². The van der Waals surface area contributed by atoms with Gasteiger partial charge in [-0.05, 0) is 121 Å². The number of nitrogens with one attached hydrogen (secondary N) is 6. The number of carbonyl (C=O) groups excluding carboxylic acids is 9. The van der Waals surface area contributed by atoms with Crippen molar-refractivity contribution in [2.24, 2.45) is 56.6 Å². The maximum Gasteiger partial charge on any atom is 0.331 e. The van der Waals surface area contributed by atoms with E-state index in [0.29, 0.717) is 44.2 Å². The molecule has 79 heavy (non-hydrogen) atoms. The number of carbonyl (C=O) groups is 10. The molecule has 0 spiro atoms. The van der Waals surface area contributed by atoms with E-state index in [1.807, 2.05) is 0 Å². The highest BCUT2D eigenvalue weighted by Gasteiger charge is 2.40. The molecule has 1 heterocycles. The maximum atomic E-state index is 14.3. The highest BCUT2D eigenvalue weighted by Crippen LogP contribution is 2.21. The number of nitrogens with zero attached hydrogens (tertiary/aromatic N) is 2. The Kier molecular flexibility index (Phi) is 31.7. The van der Waals surface area contributed by atoms with Gasteiger partial charge in [-0.2, -0.15) is 0 Å². The molecule has 29 heteroatoms. The molecule has 0 bridgehead atoms. The number of benzene rings is 1. The molecule has 1 aliphatic rings. The van der Waals surface area contributed by atoms with E-state index in [2.05, 4.69) is 36.9 Å². The Morgan fingerprint density at radius 2 is 1.37 bits per heavy atom. The first-order valence-electron chi connectivity index (χ1n) is 26.5. The van der Waals surface area contributed by atoms with Crippen LogP contribution >= 0.6 is 0 Å². The number of carboxylic acids is 1. The number of hydrogen-bond donors (Lipinski definition) is 17. The van der Waals surface area contributed by atoms with Gasteiger partial charge in [-0.1, -0.05) is 24.6 Å². The Bertz CT molecular complexity index is 2260. The van der Waals surface area contributed by atoms with Crippen molar-refractivity contribution in [1.29, 1.82) is 0 Å². The van der Waals surface area contributed by atoms with Crippen molar-refractivity contribution < 1.29 is 58.2 Å². The van der Waals surface area contributed by atoms with E-state index < -0.39 is 120 Å². The normalized spacial score (nSPS) is 15.9. The van der Waals surface area contributed by atoms with Gasteiger partial charge in [-0.3, -0.25) is 48.1 Å². The first-order chi connectivity index (χ1) is 37.6. The summed E-state index contributed by atoms with van der Waals surface area (Å²) in [7, 11) is 0. The summed E-state index contributed by atoms with van der Waals surface area (Å²) < 4.78 is 0. The van der Waals surface area contributed by atoms with Crippen molar-refractivity contribution in [3.8, 4) is 0 Å². The number of rotatable bonds is 39. The molecule has 1 aliphatic heterocycles. The molecule has 0 aromatic heterocycles. The van der Waals surface area contributed by atoms with Crippen LogP contribution in [0.25, 0.3) is 0 Å². The zero-order chi connectivity index (χ0) is 59.0. The van der Waals surface area contributed by atoms with E-state index in [1.54, 1.807) is 6.07 Å². The molecule has 8 amide bonds. The number of amides is 8. The number of hydrogen-bond acceptors (Lipinski definition) is 18. The number of carboxylic acid groups (broad SMARTS) is 1. The maximum absolute atomic E-state index is 14.3. The molecule has 0 unspecified atom stereocenters. The molecule has 26 N–H and O–H groups in total. The summed E-state index contributed by atoms with van der Waals surface area (Å²) in [6, 6.07) is -2.93. The third kappa shape index (κ3) is 24.6. The van der Waals surface area contributed by atoms with Gasteiger partial charge in [0.25, 0.3) is 0 Å². The molecule has 0 saturated carbocycles. The van der Waals surface area contributed by atoms with E-state index in [9.17, 15) is 58.2 Å². The van der Waals surface area contributed by atoms with Crippen molar-refractivity contribution in [2.75, 3.05) is 52.4 Å². The van der Waals surface area contributed by atoms with Crippen LogP contribution in [0.5, 0.6) is 0 Å². The predicted molar refractivity (Wildman–Crippen MR) is 292 cm³/mol. The van der Waals surface area contributed by atoms with Gasteiger partial charge in [0, 0.05) is 43.6 Å². The molecule has 0 aliphatic carbocycles. The Balaban J connectivity index is 2.33. The van der Waals surface area contributed by atoms with Gasteiger partial charge in [-0.15, -0.1) is 0 Å². The molecule has 1 aromatic carbocycles. The van der Waals surface area contributed by atoms with E-state index >= 15 is 0 Å². The van der Waals surface area contributed by atoms with Crippen LogP contribution in [-0.4, -0.2) is 181 Å². The van der Waals surface area contributed by atoms with Crippen LogP contribution in [0.4, 0.5) is 0 Å². The molecule has 8 atom stereocenters. The molecular formula is C50H85N17O12. The van der Waals surface area contributed by atoms with Crippen LogP contribution in [0.15, 0.2) is 40.9 Å². The van der Waals surface area contributed by atoms with E-state index in [1.165, 1.54) is 29.2 Å². The first-order valence-corrected chi connectivity index (χ1v) is 26.5. The highest BCUT2D eigenvalue weighted by molar-refractivity contribution is 5.98. The molecule has 29 nitrogen and oxygen atoms in total. The molecule has 442 valence electrons. The number of primary amides is 1. The number of aliphatic hydroxyl groups is 1. The monoisotopic (exact) mass is 1120 g/mol. The topological polar surface area (TPSA) is 533 Å². The van der Waals surface area contributed by atoms with Gasteiger partial charge in [0.2, 0.25) is 47.3 Å². The lowest BCUT2D eigenvalue weighted by Crippen LogP contribution is -2.61. The summed E-state index contributed by atoms with van der Waals surface area (Å²) >= 11 is 0. The largest absolute Gasteiger partial charge is 0.478 e. The van der Waals surface area contributed by atoms with Crippen molar-refractivity contribution in [3.05, 3.63) is 47.0 Å². The average molecular weight is 1120 g/mol. The number of guanidine groups is 1. The lowest BCUT2D eigenvalue weighted by molar-refractivity contribution is -0.142. The second-order valence-electron chi connectivity index (χ2n) is 19.0. The number of nitrogens with two attached hydrogens (primary N) is 9. The summed E-state index contributed by atoms with van der Waals surface area (Å²) in [5, 5.41) is 35.6. The van der Waals surface area contributed by atoms with Crippen LogP contribution in [0, 0.1) is 0 Å². The number of likely N-dealkylation sites (tertiary alicyclic amines) is 1. The number of Topliss-reactive ketones (excluding diaryl/α,β-unsaturated/α-hetero) is 1. The van der Waals surface area contributed by atoms with Gasteiger partial charge in [0.1, 0.15) is 30.2 Å². The zero-order valence-electron chi connectivity index (χ0n) is 44.8. The fraction of sp³-hybridized carbons (Fsp3) is 0.620. The molecule has 2 rings (SSSR count). The van der Waals surface area contributed by atoms with Crippen molar-refractivity contribution in [1.82, 2.24) is 36.8 Å². The van der Waals surface area contributed by atoms with E-state index in [-0.39, 0.29) is 114 Å². The molecule has 1 saturated heterocycles. The first kappa shape index (κ1) is 68.0. The second-order valence-corrected chi connectivity index (χ2v) is 19.0. The number of aliphatic carboxylic acids is 1. The van der Waals surface area contributed by atoms with Crippen molar-refractivity contribution >= 4 is 65.0 Å². The van der Waals surface area contributed by atoms with Gasteiger partial charge < -0.3 is 98.6 Å². The van der Waals surface area contributed by atoms with Crippen molar-refractivity contribution in [2.45, 2.75) is 145 Å². The van der Waals surface area contributed by atoms with Gasteiger partial charge in [0.15, 0.2) is 11.7 Å². The fourth-order valence-electron chi connectivity index (χ4n) is 8.49. The lowest BCUT2D eigenvalue weighted by atomic mass is 9.97. The Hall–Kier alpha value is -7.15. The smallest absolute Gasteiger partial charge is 0.331 e. The Morgan fingerprint density at radius 1 is 0.709 bits per heavy atom. The minimum atomic E-state index is -1.61. The lowest BCUT2D eigenvalue weighted by Gasteiger charge is -2.30. The third-order valence-electron chi connectivity index (χ3n) is 12.9. The molecule has 1 aromatic rings. The quantitative estimate of drug-likeness (QED) is 0.0126. The standard InChI is InChI=1S/C50H85N17O12/c51-19-3-1-12-32(56)43(72)66-41(39(69)27-55)47(76)64-34(18-22-54)44(73)61-28-40(70)62-35(14-6-21-53)48(77)67-24-8-15-37(67)46(75)65-36(26-29-9-5-10-31(25-29)42(57)71)45(74)63-33(13-2-4-20-52)38(68)17-16-30(49(78)79)11-7-23-60-50(58)59/h5,9-11,25,32-37,39,41,69H,1-4,6-8,12-24,26-28,51-56H2,(H2,57,71)(H,61,73)(H,62,70)(H,63,74)(H,64,76)(H,65,75)(H,66,72)(H,78,79)(H4,58,59,60)/b30-11+/t32-,33-,34-,35+,36-,37-,39-,41-/m0/s1.